The number of anilines is 2. The fraction of sp³-hybridized carbons (Fsp3) is 0.429. The molecule has 1 aromatic carbocycles. The van der Waals surface area contributed by atoms with Crippen LogP contribution in [0.5, 0.6) is 0 Å². The van der Waals surface area contributed by atoms with Crippen molar-refractivity contribution in [2.45, 2.75) is 31.8 Å². The molecule has 0 bridgehead atoms. The molecule has 6 heteroatoms. The normalized spacial score (nSPS) is 21.8. The van der Waals surface area contributed by atoms with Gasteiger partial charge in [0.05, 0.1) is 11.4 Å². The first-order valence-corrected chi connectivity index (χ1v) is 6.75. The van der Waals surface area contributed by atoms with Crippen molar-refractivity contribution in [1.82, 2.24) is 5.43 Å². The molecule has 1 heterocycles. The van der Waals surface area contributed by atoms with Crippen LogP contribution in [0.25, 0.3) is 0 Å². The lowest BCUT2D eigenvalue weighted by atomic mass is 10.0. The van der Waals surface area contributed by atoms with Gasteiger partial charge in [0.25, 0.3) is 5.91 Å². The number of rotatable bonds is 2. The van der Waals surface area contributed by atoms with Crippen LogP contribution in [0.4, 0.5) is 11.4 Å². The molecule has 2 aliphatic rings. The second-order valence-electron chi connectivity index (χ2n) is 5.39. The third kappa shape index (κ3) is 1.84. The number of hydrogen-bond donors (Lipinski definition) is 2. The first-order valence-electron chi connectivity index (χ1n) is 6.75. The molecule has 1 saturated carbocycles. The lowest BCUT2D eigenvalue weighted by Gasteiger charge is -2.40. The number of carbonyl (C=O) groups is 2. The van der Waals surface area contributed by atoms with Gasteiger partial charge in [-0.3, -0.25) is 15.0 Å². The molecule has 0 radical (unpaired) electrons. The number of fused-ring (bicyclic) bond motifs is 1. The minimum absolute atomic E-state index is 0.0837. The molecule has 6 nitrogen and oxygen atoms in total. The minimum atomic E-state index is -0.323. The van der Waals surface area contributed by atoms with Crippen LogP contribution in [-0.2, 0) is 4.79 Å². The van der Waals surface area contributed by atoms with Crippen LogP contribution in [-0.4, -0.2) is 30.9 Å². The molecule has 0 aromatic heterocycles. The van der Waals surface area contributed by atoms with Crippen LogP contribution in [0.1, 0.15) is 30.1 Å². The number of benzene rings is 1. The van der Waals surface area contributed by atoms with Crippen molar-refractivity contribution in [1.29, 1.82) is 0 Å². The van der Waals surface area contributed by atoms with E-state index in [0.29, 0.717) is 11.6 Å². The second kappa shape index (κ2) is 4.49. The lowest BCUT2D eigenvalue weighted by molar-refractivity contribution is -0.119. The Kier molecular flexibility index (Phi) is 2.90. The lowest BCUT2D eigenvalue weighted by Crippen LogP contribution is -2.51. The van der Waals surface area contributed by atoms with Crippen molar-refractivity contribution < 1.29 is 9.59 Å². The van der Waals surface area contributed by atoms with Gasteiger partial charge in [-0.1, -0.05) is 0 Å². The molecule has 0 spiro atoms. The third-order valence-electron chi connectivity index (χ3n) is 4.05. The van der Waals surface area contributed by atoms with Crippen LogP contribution in [0, 0.1) is 0 Å². The first-order chi connectivity index (χ1) is 9.54. The molecule has 20 heavy (non-hydrogen) atoms. The molecular formula is C14H18N4O2. The first kappa shape index (κ1) is 12.9. The van der Waals surface area contributed by atoms with Gasteiger partial charge in [-0.25, -0.2) is 5.84 Å². The maximum atomic E-state index is 12.3. The summed E-state index contributed by atoms with van der Waals surface area (Å²) >= 11 is 0. The van der Waals surface area contributed by atoms with Gasteiger partial charge in [-0.05, 0) is 38.0 Å². The van der Waals surface area contributed by atoms with E-state index in [9.17, 15) is 9.59 Å². The summed E-state index contributed by atoms with van der Waals surface area (Å²) in [6.07, 6.45) is 2.18. The summed E-state index contributed by atoms with van der Waals surface area (Å²) in [7, 11) is 1.77. The van der Waals surface area contributed by atoms with Crippen molar-refractivity contribution in [3.8, 4) is 0 Å². The number of nitrogens with two attached hydrogens (primary N) is 1. The third-order valence-corrected chi connectivity index (χ3v) is 4.05. The number of nitrogens with one attached hydrogen (secondary N) is 1. The molecule has 1 unspecified atom stereocenters. The highest BCUT2D eigenvalue weighted by atomic mass is 16.2. The standard InChI is InChI=1S/C14H18N4O2/c1-8-14(20)17(2)11-6-3-9(13(19)16-15)7-12(11)18(8)10-4-5-10/h3,6-8,10H,4-5,15H2,1-2H3,(H,16,19). The predicted molar refractivity (Wildman–Crippen MR) is 76.5 cm³/mol. The fourth-order valence-corrected chi connectivity index (χ4v) is 2.83. The predicted octanol–water partition coefficient (Wildman–Crippen LogP) is 0.624. The van der Waals surface area contributed by atoms with E-state index < -0.39 is 0 Å². The molecule has 3 rings (SSSR count). The van der Waals surface area contributed by atoms with E-state index in [1.165, 1.54) is 0 Å². The summed E-state index contributed by atoms with van der Waals surface area (Å²) in [6, 6.07) is 5.51. The van der Waals surface area contributed by atoms with Crippen LogP contribution in [0.15, 0.2) is 18.2 Å². The molecule has 1 aromatic rings. The average Bonchev–Trinajstić information content (AvgIpc) is 3.28. The Labute approximate surface area is 117 Å². The summed E-state index contributed by atoms with van der Waals surface area (Å²) in [5.41, 5.74) is 4.42. The van der Waals surface area contributed by atoms with Crippen molar-refractivity contribution in [3.63, 3.8) is 0 Å². The summed E-state index contributed by atoms with van der Waals surface area (Å²) in [5, 5.41) is 0. The Balaban J connectivity index is 2.10. The van der Waals surface area contributed by atoms with Crippen LogP contribution < -0.4 is 21.1 Å². The maximum Gasteiger partial charge on any atom is 0.265 e. The highest BCUT2D eigenvalue weighted by molar-refractivity contribution is 6.06. The number of nitrogen functional groups attached to an aromatic ring is 1. The van der Waals surface area contributed by atoms with Crippen molar-refractivity contribution in [2.75, 3.05) is 16.8 Å². The Morgan fingerprint density at radius 2 is 2.05 bits per heavy atom. The Morgan fingerprint density at radius 1 is 1.35 bits per heavy atom. The number of carbonyl (C=O) groups excluding carboxylic acids is 2. The summed E-state index contributed by atoms with van der Waals surface area (Å²) < 4.78 is 0. The molecule has 1 fully saturated rings. The van der Waals surface area contributed by atoms with Gasteiger partial charge < -0.3 is 9.80 Å². The van der Waals surface area contributed by atoms with E-state index in [2.05, 4.69) is 10.3 Å². The molecule has 106 valence electrons. The Morgan fingerprint density at radius 3 is 2.65 bits per heavy atom. The van der Waals surface area contributed by atoms with Gasteiger partial charge in [-0.15, -0.1) is 0 Å². The summed E-state index contributed by atoms with van der Waals surface area (Å²) in [6.45, 7) is 1.91. The molecule has 1 aliphatic carbocycles. The quantitative estimate of drug-likeness (QED) is 0.471. The minimum Gasteiger partial charge on any atom is -0.355 e. The Hall–Kier alpha value is -2.08. The zero-order chi connectivity index (χ0) is 14.4. The zero-order valence-electron chi connectivity index (χ0n) is 11.6. The number of hydrazine groups is 1. The van der Waals surface area contributed by atoms with Crippen LogP contribution in [0.3, 0.4) is 0 Å². The topological polar surface area (TPSA) is 78.7 Å². The molecule has 0 saturated heterocycles. The van der Waals surface area contributed by atoms with E-state index in [1.807, 2.05) is 13.0 Å². The van der Waals surface area contributed by atoms with Crippen molar-refractivity contribution in [2.24, 2.45) is 5.84 Å². The summed E-state index contributed by atoms with van der Waals surface area (Å²) in [4.78, 5) is 27.8. The van der Waals surface area contributed by atoms with E-state index in [-0.39, 0.29) is 17.9 Å². The average molecular weight is 274 g/mol. The van der Waals surface area contributed by atoms with Gasteiger partial charge in [0, 0.05) is 18.7 Å². The maximum absolute atomic E-state index is 12.3. The summed E-state index contributed by atoms with van der Waals surface area (Å²) in [5.74, 6) is 4.95. The van der Waals surface area contributed by atoms with Crippen LogP contribution >= 0.6 is 0 Å². The van der Waals surface area contributed by atoms with Gasteiger partial charge in [-0.2, -0.15) is 0 Å². The number of hydrogen-bond acceptors (Lipinski definition) is 4. The second-order valence-corrected chi connectivity index (χ2v) is 5.39. The van der Waals surface area contributed by atoms with E-state index >= 15 is 0 Å². The fourth-order valence-electron chi connectivity index (χ4n) is 2.83. The Bertz CT molecular complexity index is 583. The van der Waals surface area contributed by atoms with Crippen molar-refractivity contribution in [3.05, 3.63) is 23.8 Å². The largest absolute Gasteiger partial charge is 0.355 e. The van der Waals surface area contributed by atoms with E-state index in [1.54, 1.807) is 24.1 Å². The molecule has 1 aliphatic heterocycles. The molecular weight excluding hydrogens is 256 g/mol. The van der Waals surface area contributed by atoms with Gasteiger partial charge in [0.1, 0.15) is 6.04 Å². The van der Waals surface area contributed by atoms with Gasteiger partial charge in [0.2, 0.25) is 5.91 Å². The monoisotopic (exact) mass is 274 g/mol. The molecule has 1 atom stereocenters. The SMILES string of the molecule is CC1C(=O)N(C)c2ccc(C(=O)NN)cc2N1C1CC1. The van der Waals surface area contributed by atoms with Gasteiger partial charge >= 0.3 is 0 Å². The zero-order valence-corrected chi connectivity index (χ0v) is 11.6. The van der Waals surface area contributed by atoms with Crippen LogP contribution in [0.2, 0.25) is 0 Å². The van der Waals surface area contributed by atoms with E-state index in [4.69, 9.17) is 5.84 Å². The number of likely N-dealkylation sites (N-methyl/N-ethyl adjacent to an activating group) is 1. The molecule has 2 amide bonds. The highest BCUT2D eigenvalue weighted by Gasteiger charge is 2.41. The number of nitrogens with zero attached hydrogens (tertiary/aromatic N) is 2. The number of amides is 2. The smallest absolute Gasteiger partial charge is 0.265 e. The van der Waals surface area contributed by atoms with Gasteiger partial charge in [0.15, 0.2) is 0 Å². The van der Waals surface area contributed by atoms with Crippen molar-refractivity contribution >= 4 is 23.2 Å². The molecule has 3 N–H and O–H groups in total. The van der Waals surface area contributed by atoms with E-state index in [0.717, 1.165) is 24.2 Å². The highest BCUT2D eigenvalue weighted by Crippen LogP contribution is 2.42.